The number of ketones is 1. The van der Waals surface area contributed by atoms with Crippen LogP contribution in [0.4, 0.5) is 0 Å². The van der Waals surface area contributed by atoms with Crippen LogP contribution in [0.25, 0.3) is 0 Å². The molecule has 2 saturated carbocycles. The standard InChI is InChI=1S/C24H23ClN2O5/c25-18-9-5-4-8-17(18)23(30)27-26-19(28)13-32-24(31)21-16-11-10-15(12-16)20(21)22(29)14-6-2-1-3-7-14/h1-9,15-16,20-21H,10-13H2,(H,26,28)(H,27,30)/t15-,16-,20+,21-/m0/s1. The predicted molar refractivity (Wildman–Crippen MR) is 117 cm³/mol. The number of halogens is 1. The molecule has 0 unspecified atom stereocenters. The van der Waals surface area contributed by atoms with Crippen molar-refractivity contribution in [1.29, 1.82) is 0 Å². The van der Waals surface area contributed by atoms with E-state index in [1.54, 1.807) is 42.5 Å². The van der Waals surface area contributed by atoms with E-state index in [1.165, 1.54) is 6.07 Å². The van der Waals surface area contributed by atoms with E-state index in [2.05, 4.69) is 10.9 Å². The molecule has 166 valence electrons. The zero-order valence-corrected chi connectivity index (χ0v) is 18.0. The molecule has 7 nitrogen and oxygen atoms in total. The molecular formula is C24H23ClN2O5. The van der Waals surface area contributed by atoms with Gasteiger partial charge in [0, 0.05) is 11.5 Å². The van der Waals surface area contributed by atoms with Crippen molar-refractivity contribution < 1.29 is 23.9 Å². The summed E-state index contributed by atoms with van der Waals surface area (Å²) in [6.45, 7) is -0.554. The van der Waals surface area contributed by atoms with Crippen molar-refractivity contribution in [3.63, 3.8) is 0 Å². The molecule has 0 aromatic heterocycles. The number of ether oxygens (including phenoxy) is 1. The van der Waals surface area contributed by atoms with Crippen molar-refractivity contribution in [2.24, 2.45) is 23.7 Å². The van der Waals surface area contributed by atoms with Crippen LogP contribution >= 0.6 is 11.6 Å². The number of rotatable bonds is 6. The number of fused-ring (bicyclic) bond motifs is 2. The molecule has 2 aromatic rings. The number of carbonyl (C=O) groups is 4. The van der Waals surface area contributed by atoms with Crippen LogP contribution in [0.5, 0.6) is 0 Å². The molecule has 0 saturated heterocycles. The lowest BCUT2D eigenvalue weighted by molar-refractivity contribution is -0.155. The first kappa shape index (κ1) is 22.0. The van der Waals surface area contributed by atoms with Gasteiger partial charge < -0.3 is 4.74 Å². The highest BCUT2D eigenvalue weighted by Gasteiger charge is 2.54. The molecule has 8 heteroatoms. The summed E-state index contributed by atoms with van der Waals surface area (Å²) < 4.78 is 5.24. The van der Waals surface area contributed by atoms with Gasteiger partial charge >= 0.3 is 5.97 Å². The number of Topliss-reactive ketones (excluding diaryl/α,β-unsaturated/α-hetero) is 1. The van der Waals surface area contributed by atoms with E-state index >= 15 is 0 Å². The zero-order valence-electron chi connectivity index (χ0n) is 17.3. The SMILES string of the molecule is O=C(COC(=O)[C@H]1[C@H]2CC[C@@H](C2)[C@H]1C(=O)c1ccccc1)NNC(=O)c1ccccc1Cl. The largest absolute Gasteiger partial charge is 0.455 e. The lowest BCUT2D eigenvalue weighted by atomic mass is 9.75. The number of benzene rings is 2. The minimum atomic E-state index is -0.687. The summed E-state index contributed by atoms with van der Waals surface area (Å²) in [4.78, 5) is 50.1. The third kappa shape index (κ3) is 4.53. The van der Waals surface area contributed by atoms with Crippen LogP contribution in [0.15, 0.2) is 54.6 Å². The lowest BCUT2D eigenvalue weighted by Crippen LogP contribution is -2.44. The van der Waals surface area contributed by atoms with Crippen molar-refractivity contribution in [3.05, 3.63) is 70.7 Å². The first-order chi connectivity index (χ1) is 15.5. The van der Waals surface area contributed by atoms with Crippen LogP contribution in [-0.4, -0.2) is 30.2 Å². The summed E-state index contributed by atoms with van der Waals surface area (Å²) in [5, 5.41) is 0.246. The van der Waals surface area contributed by atoms with Gasteiger partial charge in [0.15, 0.2) is 12.4 Å². The molecule has 4 atom stereocenters. The fourth-order valence-corrected chi connectivity index (χ4v) is 5.13. The zero-order chi connectivity index (χ0) is 22.7. The van der Waals surface area contributed by atoms with Crippen LogP contribution in [0.1, 0.15) is 40.0 Å². The normalized spacial score (nSPS) is 23.4. The second-order valence-corrected chi connectivity index (χ2v) is 8.61. The Bertz CT molecular complexity index is 1040. The summed E-state index contributed by atoms with van der Waals surface area (Å²) in [7, 11) is 0. The molecule has 4 rings (SSSR count). The highest BCUT2D eigenvalue weighted by Crippen LogP contribution is 2.53. The van der Waals surface area contributed by atoms with Crippen LogP contribution in [0.3, 0.4) is 0 Å². The highest BCUT2D eigenvalue weighted by atomic mass is 35.5. The predicted octanol–water partition coefficient (Wildman–Crippen LogP) is 3.19. The number of amides is 2. The molecule has 0 spiro atoms. The molecular weight excluding hydrogens is 432 g/mol. The van der Waals surface area contributed by atoms with Gasteiger partial charge in [-0.3, -0.25) is 30.0 Å². The monoisotopic (exact) mass is 454 g/mol. The first-order valence-corrected chi connectivity index (χ1v) is 10.9. The van der Waals surface area contributed by atoms with Crippen LogP contribution in [-0.2, 0) is 14.3 Å². The molecule has 2 amide bonds. The van der Waals surface area contributed by atoms with Crippen molar-refractivity contribution in [2.45, 2.75) is 19.3 Å². The fourth-order valence-electron chi connectivity index (χ4n) is 4.91. The topological polar surface area (TPSA) is 102 Å². The van der Waals surface area contributed by atoms with Gasteiger partial charge in [-0.25, -0.2) is 0 Å². The Morgan fingerprint density at radius 2 is 1.53 bits per heavy atom. The summed E-state index contributed by atoms with van der Waals surface area (Å²) >= 11 is 5.95. The van der Waals surface area contributed by atoms with E-state index in [4.69, 9.17) is 16.3 Å². The Balaban J connectivity index is 1.33. The van der Waals surface area contributed by atoms with E-state index in [-0.39, 0.29) is 28.2 Å². The Hall–Kier alpha value is -3.19. The maximum atomic E-state index is 13.1. The van der Waals surface area contributed by atoms with Crippen molar-refractivity contribution in [2.75, 3.05) is 6.61 Å². The molecule has 2 aromatic carbocycles. The molecule has 2 N–H and O–H groups in total. The van der Waals surface area contributed by atoms with Gasteiger partial charge in [0.2, 0.25) is 0 Å². The van der Waals surface area contributed by atoms with E-state index in [1.807, 2.05) is 6.07 Å². The van der Waals surface area contributed by atoms with Crippen LogP contribution in [0, 0.1) is 23.7 Å². The van der Waals surface area contributed by atoms with Gasteiger partial charge in [0.05, 0.1) is 16.5 Å². The quantitative estimate of drug-likeness (QED) is 0.396. The average Bonchev–Trinajstić information content (AvgIpc) is 3.43. The second kappa shape index (κ2) is 9.53. The van der Waals surface area contributed by atoms with E-state index in [0.29, 0.717) is 5.56 Å². The Morgan fingerprint density at radius 1 is 0.875 bits per heavy atom. The summed E-state index contributed by atoms with van der Waals surface area (Å²) in [5.74, 6) is -2.58. The molecule has 32 heavy (non-hydrogen) atoms. The van der Waals surface area contributed by atoms with E-state index < -0.39 is 36.2 Å². The van der Waals surface area contributed by atoms with Gasteiger partial charge in [-0.1, -0.05) is 54.1 Å². The van der Waals surface area contributed by atoms with Gasteiger partial charge in [-0.05, 0) is 43.2 Å². The summed E-state index contributed by atoms with van der Waals surface area (Å²) in [6, 6.07) is 15.4. The number of hydrazine groups is 1. The lowest BCUT2D eigenvalue weighted by Gasteiger charge is -2.28. The minimum Gasteiger partial charge on any atom is -0.455 e. The molecule has 2 fully saturated rings. The highest BCUT2D eigenvalue weighted by molar-refractivity contribution is 6.33. The number of hydrogen-bond acceptors (Lipinski definition) is 5. The van der Waals surface area contributed by atoms with Crippen LogP contribution < -0.4 is 10.9 Å². The van der Waals surface area contributed by atoms with Gasteiger partial charge in [-0.15, -0.1) is 0 Å². The Kier molecular flexibility index (Phi) is 6.55. The van der Waals surface area contributed by atoms with Crippen molar-refractivity contribution >= 4 is 35.2 Å². The smallest absolute Gasteiger partial charge is 0.310 e. The Morgan fingerprint density at radius 3 is 2.25 bits per heavy atom. The van der Waals surface area contributed by atoms with Crippen molar-refractivity contribution in [3.8, 4) is 0 Å². The molecule has 2 bridgehead atoms. The maximum absolute atomic E-state index is 13.1. The molecule has 0 heterocycles. The average molecular weight is 455 g/mol. The molecule has 0 radical (unpaired) electrons. The summed E-state index contributed by atoms with van der Waals surface area (Å²) in [5.41, 5.74) is 5.24. The fraction of sp³-hybridized carbons (Fsp3) is 0.333. The van der Waals surface area contributed by atoms with Gasteiger partial charge in [-0.2, -0.15) is 0 Å². The third-order valence-corrected chi connectivity index (χ3v) is 6.66. The number of nitrogens with one attached hydrogen (secondary N) is 2. The molecule has 2 aliphatic rings. The van der Waals surface area contributed by atoms with Crippen LogP contribution in [0.2, 0.25) is 5.02 Å². The van der Waals surface area contributed by atoms with Gasteiger partial charge in [0.1, 0.15) is 0 Å². The molecule has 2 aliphatic carbocycles. The van der Waals surface area contributed by atoms with E-state index in [9.17, 15) is 19.2 Å². The number of carbonyl (C=O) groups excluding carboxylic acids is 4. The minimum absolute atomic E-state index is 0.0452. The van der Waals surface area contributed by atoms with Crippen molar-refractivity contribution in [1.82, 2.24) is 10.9 Å². The number of esters is 1. The number of hydrogen-bond donors (Lipinski definition) is 2. The Labute approximate surface area is 190 Å². The van der Waals surface area contributed by atoms with Gasteiger partial charge in [0.25, 0.3) is 11.8 Å². The first-order valence-electron chi connectivity index (χ1n) is 10.6. The second-order valence-electron chi connectivity index (χ2n) is 8.20. The third-order valence-electron chi connectivity index (χ3n) is 6.33. The maximum Gasteiger partial charge on any atom is 0.310 e. The van der Waals surface area contributed by atoms with E-state index in [0.717, 1.165) is 19.3 Å². The molecule has 0 aliphatic heterocycles. The summed E-state index contributed by atoms with van der Waals surface area (Å²) in [6.07, 6.45) is 2.62.